The molecular formula is C12H15N5O3. The summed E-state index contributed by atoms with van der Waals surface area (Å²) in [6.07, 6.45) is 1.46. The van der Waals surface area contributed by atoms with E-state index < -0.39 is 0 Å². The topological polar surface area (TPSA) is 102 Å². The molecule has 1 amide bonds. The molecule has 106 valence electrons. The van der Waals surface area contributed by atoms with Gasteiger partial charge in [0.05, 0.1) is 24.1 Å². The number of nitrogens with one attached hydrogen (secondary N) is 2. The molecule has 0 aliphatic heterocycles. The maximum Gasteiger partial charge on any atom is 0.264 e. The third-order valence-corrected chi connectivity index (χ3v) is 2.73. The Kier molecular flexibility index (Phi) is 4.26. The van der Waals surface area contributed by atoms with Crippen molar-refractivity contribution in [2.45, 2.75) is 6.92 Å². The second kappa shape index (κ2) is 6.11. The number of H-pyrrole nitrogens is 1. The number of methoxy groups -OCH3 is 1. The molecule has 8 nitrogen and oxygen atoms in total. The molecule has 2 aromatic rings. The van der Waals surface area contributed by atoms with Crippen LogP contribution in [0.25, 0.3) is 5.82 Å². The van der Waals surface area contributed by atoms with E-state index in [9.17, 15) is 9.59 Å². The number of hydrogen-bond donors (Lipinski definition) is 2. The lowest BCUT2D eigenvalue weighted by atomic mass is 10.2. The van der Waals surface area contributed by atoms with Gasteiger partial charge in [-0.3, -0.25) is 9.59 Å². The molecule has 0 aliphatic carbocycles. The minimum Gasteiger partial charge on any atom is -0.383 e. The van der Waals surface area contributed by atoms with Gasteiger partial charge in [-0.1, -0.05) is 0 Å². The maximum atomic E-state index is 11.9. The molecule has 0 radical (unpaired) electrons. The first kappa shape index (κ1) is 13.9. The number of carbonyl (C=O) groups is 1. The molecule has 0 saturated heterocycles. The van der Waals surface area contributed by atoms with Gasteiger partial charge in [-0.25, -0.2) is 9.78 Å². The molecule has 0 bridgehead atoms. The Morgan fingerprint density at radius 2 is 2.30 bits per heavy atom. The van der Waals surface area contributed by atoms with Gasteiger partial charge in [-0.05, 0) is 13.0 Å². The Labute approximate surface area is 114 Å². The smallest absolute Gasteiger partial charge is 0.264 e. The van der Waals surface area contributed by atoms with Crippen molar-refractivity contribution in [3.63, 3.8) is 0 Å². The van der Waals surface area contributed by atoms with E-state index >= 15 is 0 Å². The highest BCUT2D eigenvalue weighted by Crippen LogP contribution is 2.10. The molecule has 0 spiro atoms. The molecule has 2 N–H and O–H groups in total. The van der Waals surface area contributed by atoms with Crippen molar-refractivity contribution in [1.29, 1.82) is 0 Å². The molecule has 0 saturated carbocycles. The van der Waals surface area contributed by atoms with Crippen molar-refractivity contribution in [2.24, 2.45) is 0 Å². The third kappa shape index (κ3) is 2.91. The molecule has 0 fully saturated rings. The van der Waals surface area contributed by atoms with Gasteiger partial charge in [0.1, 0.15) is 0 Å². The van der Waals surface area contributed by atoms with Crippen LogP contribution >= 0.6 is 0 Å². The molecule has 0 unspecified atom stereocenters. The number of nitrogens with zero attached hydrogens (tertiary/aromatic N) is 3. The van der Waals surface area contributed by atoms with Crippen LogP contribution in [0.1, 0.15) is 16.1 Å². The van der Waals surface area contributed by atoms with Crippen LogP contribution < -0.4 is 10.9 Å². The Morgan fingerprint density at radius 1 is 1.50 bits per heavy atom. The molecular weight excluding hydrogens is 262 g/mol. The molecule has 20 heavy (non-hydrogen) atoms. The lowest BCUT2D eigenvalue weighted by Crippen LogP contribution is -2.27. The molecule has 0 atom stereocenters. The summed E-state index contributed by atoms with van der Waals surface area (Å²) in [4.78, 5) is 22.9. The van der Waals surface area contributed by atoms with Crippen LogP contribution in [0.15, 0.2) is 23.1 Å². The lowest BCUT2D eigenvalue weighted by Gasteiger charge is -2.05. The Balaban J connectivity index is 2.20. The largest absolute Gasteiger partial charge is 0.383 e. The van der Waals surface area contributed by atoms with Crippen LogP contribution in [0.5, 0.6) is 0 Å². The minimum atomic E-state index is -0.295. The van der Waals surface area contributed by atoms with Gasteiger partial charge in [-0.2, -0.15) is 10.2 Å². The Hall–Kier alpha value is -2.48. The van der Waals surface area contributed by atoms with E-state index in [4.69, 9.17) is 4.74 Å². The number of ether oxygens (including phenoxy) is 1. The highest BCUT2D eigenvalue weighted by atomic mass is 16.5. The molecule has 2 heterocycles. The lowest BCUT2D eigenvalue weighted by molar-refractivity contribution is 0.0936. The first-order valence-electron chi connectivity index (χ1n) is 6.01. The average Bonchev–Trinajstić information content (AvgIpc) is 2.82. The quantitative estimate of drug-likeness (QED) is 0.727. The first-order chi connectivity index (χ1) is 9.63. The zero-order valence-corrected chi connectivity index (χ0v) is 11.2. The van der Waals surface area contributed by atoms with Crippen molar-refractivity contribution in [2.75, 3.05) is 20.3 Å². The van der Waals surface area contributed by atoms with Crippen molar-refractivity contribution < 1.29 is 9.53 Å². The molecule has 2 rings (SSSR count). The summed E-state index contributed by atoms with van der Waals surface area (Å²) in [7, 11) is 1.57. The predicted molar refractivity (Wildman–Crippen MR) is 70.9 cm³/mol. The number of hydrogen-bond acceptors (Lipinski definition) is 5. The predicted octanol–water partition coefficient (Wildman–Crippen LogP) is -0.360. The number of carbonyl (C=O) groups excluding carboxylic acids is 1. The summed E-state index contributed by atoms with van der Waals surface area (Å²) >= 11 is 0. The van der Waals surface area contributed by atoms with E-state index in [0.717, 1.165) is 0 Å². The van der Waals surface area contributed by atoms with Gasteiger partial charge in [0, 0.05) is 19.7 Å². The van der Waals surface area contributed by atoms with Crippen LogP contribution in [0.3, 0.4) is 0 Å². The van der Waals surface area contributed by atoms with Gasteiger partial charge in [0.15, 0.2) is 5.82 Å². The average molecular weight is 277 g/mol. The van der Waals surface area contributed by atoms with Gasteiger partial charge in [0.25, 0.3) is 11.5 Å². The fourth-order valence-electron chi connectivity index (χ4n) is 1.68. The summed E-state index contributed by atoms with van der Waals surface area (Å²) in [5.74, 6) is 0.216. The van der Waals surface area contributed by atoms with E-state index in [1.807, 2.05) is 0 Å². The molecule has 0 aromatic carbocycles. The minimum absolute atomic E-state index is 0.227. The number of amides is 1. The second-order valence-corrected chi connectivity index (χ2v) is 4.08. The summed E-state index contributed by atoms with van der Waals surface area (Å²) < 4.78 is 6.35. The maximum absolute atomic E-state index is 11.9. The van der Waals surface area contributed by atoms with Crippen LogP contribution in [0.4, 0.5) is 0 Å². The van der Waals surface area contributed by atoms with Crippen molar-refractivity contribution in [3.05, 3.63) is 39.9 Å². The van der Waals surface area contributed by atoms with E-state index in [1.54, 1.807) is 14.0 Å². The van der Waals surface area contributed by atoms with E-state index in [0.29, 0.717) is 30.2 Å². The normalized spacial score (nSPS) is 10.5. The highest BCUT2D eigenvalue weighted by Gasteiger charge is 2.15. The first-order valence-corrected chi connectivity index (χ1v) is 6.01. The van der Waals surface area contributed by atoms with Gasteiger partial charge >= 0.3 is 0 Å². The van der Waals surface area contributed by atoms with Crippen molar-refractivity contribution >= 4 is 5.91 Å². The highest BCUT2D eigenvalue weighted by molar-refractivity contribution is 5.95. The van der Waals surface area contributed by atoms with Gasteiger partial charge in [-0.15, -0.1) is 0 Å². The summed E-state index contributed by atoms with van der Waals surface area (Å²) in [6.45, 7) is 2.63. The number of aromatic nitrogens is 4. The number of rotatable bonds is 5. The fraction of sp³-hybridized carbons (Fsp3) is 0.333. The summed E-state index contributed by atoms with van der Waals surface area (Å²) in [6, 6.07) is 2.88. The molecule has 2 aromatic heterocycles. The standard InChI is InChI=1S/C12H15N5O3/c1-8-9(12(19)13-5-6-20-2)7-14-17(8)10-3-4-11(18)16-15-10/h3-4,7H,5-6H2,1-2H3,(H,13,19)(H,16,18). The van der Waals surface area contributed by atoms with Crippen LogP contribution in [-0.2, 0) is 4.74 Å². The fourth-order valence-corrected chi connectivity index (χ4v) is 1.68. The van der Waals surface area contributed by atoms with Crippen molar-refractivity contribution in [3.8, 4) is 5.82 Å². The number of aromatic amines is 1. The van der Waals surface area contributed by atoms with E-state index in [-0.39, 0.29) is 11.5 Å². The van der Waals surface area contributed by atoms with Gasteiger partial charge < -0.3 is 10.1 Å². The third-order valence-electron chi connectivity index (χ3n) is 2.73. The zero-order chi connectivity index (χ0) is 14.5. The van der Waals surface area contributed by atoms with Crippen LogP contribution in [0.2, 0.25) is 0 Å². The van der Waals surface area contributed by atoms with E-state index in [2.05, 4.69) is 20.6 Å². The van der Waals surface area contributed by atoms with Crippen LogP contribution in [-0.4, -0.2) is 46.1 Å². The molecule has 0 aliphatic rings. The van der Waals surface area contributed by atoms with Crippen LogP contribution in [0, 0.1) is 6.92 Å². The zero-order valence-electron chi connectivity index (χ0n) is 11.2. The summed E-state index contributed by atoms with van der Waals surface area (Å²) in [5, 5.41) is 13.0. The monoisotopic (exact) mass is 277 g/mol. The second-order valence-electron chi connectivity index (χ2n) is 4.08. The SMILES string of the molecule is COCCNC(=O)c1cnn(-c2ccc(=O)[nH]n2)c1C. The van der Waals surface area contributed by atoms with E-state index in [1.165, 1.54) is 23.0 Å². The van der Waals surface area contributed by atoms with Crippen molar-refractivity contribution in [1.82, 2.24) is 25.3 Å². The van der Waals surface area contributed by atoms with Gasteiger partial charge in [0.2, 0.25) is 0 Å². The molecule has 8 heteroatoms. The Morgan fingerprint density at radius 3 is 2.95 bits per heavy atom. The summed E-state index contributed by atoms with van der Waals surface area (Å²) in [5.41, 5.74) is 0.796. The Bertz CT molecular complexity index is 641.